The van der Waals surface area contributed by atoms with Crippen LogP contribution in [0.15, 0.2) is 36.4 Å². The zero-order chi connectivity index (χ0) is 18.0. The van der Waals surface area contributed by atoms with Crippen molar-refractivity contribution in [3.05, 3.63) is 64.5 Å². The van der Waals surface area contributed by atoms with Crippen LogP contribution in [0, 0.1) is 5.82 Å². The van der Waals surface area contributed by atoms with Crippen LogP contribution in [0.4, 0.5) is 23.2 Å². The van der Waals surface area contributed by atoms with E-state index < -0.39 is 11.7 Å². The van der Waals surface area contributed by atoms with Crippen LogP contribution < -0.4 is 10.6 Å². The van der Waals surface area contributed by atoms with Gasteiger partial charge < -0.3 is 10.6 Å². The molecule has 1 heterocycles. The van der Waals surface area contributed by atoms with Crippen molar-refractivity contribution in [3.63, 3.8) is 0 Å². The molecule has 0 saturated carbocycles. The second-order valence-electron chi connectivity index (χ2n) is 6.29. The molecule has 6 heteroatoms. The molecule has 0 saturated heterocycles. The molecule has 134 valence electrons. The molecule has 3 rings (SSSR count). The molecule has 2 aromatic rings. The van der Waals surface area contributed by atoms with Crippen LogP contribution in [0.1, 0.15) is 35.2 Å². The molecule has 0 spiro atoms. The highest BCUT2D eigenvalue weighted by Gasteiger charge is 2.35. The van der Waals surface area contributed by atoms with Gasteiger partial charge in [0.05, 0.1) is 11.3 Å². The average Bonchev–Trinajstić information content (AvgIpc) is 2.80. The summed E-state index contributed by atoms with van der Waals surface area (Å²) in [5, 5.41) is 6.26. The monoisotopic (exact) mass is 352 g/mol. The summed E-state index contributed by atoms with van der Waals surface area (Å²) in [6.07, 6.45) is -3.19. The Morgan fingerprint density at radius 1 is 1.00 bits per heavy atom. The van der Waals surface area contributed by atoms with Crippen LogP contribution in [0.3, 0.4) is 0 Å². The Balaban J connectivity index is 2.01. The Labute approximate surface area is 144 Å². The van der Waals surface area contributed by atoms with Crippen LogP contribution in [-0.4, -0.2) is 13.1 Å². The Hall–Kier alpha value is -2.08. The van der Waals surface area contributed by atoms with Gasteiger partial charge in [0.25, 0.3) is 0 Å². The molecule has 2 nitrogen and oxygen atoms in total. The molecule has 0 fully saturated rings. The minimum absolute atomic E-state index is 0.144. The second-order valence-corrected chi connectivity index (χ2v) is 6.29. The fourth-order valence-electron chi connectivity index (χ4n) is 3.22. The Bertz CT molecular complexity index is 738. The van der Waals surface area contributed by atoms with E-state index in [1.807, 2.05) is 0 Å². The van der Waals surface area contributed by atoms with Crippen LogP contribution in [-0.2, 0) is 19.0 Å². The highest BCUT2D eigenvalue weighted by molar-refractivity contribution is 5.63. The maximum Gasteiger partial charge on any atom is 0.418 e. The predicted molar refractivity (Wildman–Crippen MR) is 90.2 cm³/mol. The summed E-state index contributed by atoms with van der Waals surface area (Å²) in [6, 6.07) is 8.17. The largest absolute Gasteiger partial charge is 0.418 e. The van der Waals surface area contributed by atoms with Crippen molar-refractivity contribution < 1.29 is 17.6 Å². The fraction of sp³-hybridized carbons (Fsp3) is 0.368. The van der Waals surface area contributed by atoms with Gasteiger partial charge in [-0.2, -0.15) is 13.2 Å². The van der Waals surface area contributed by atoms with Crippen molar-refractivity contribution >= 4 is 5.69 Å². The minimum Gasteiger partial charge on any atom is -0.378 e. The number of hydrogen-bond acceptors (Lipinski definition) is 2. The SMILES string of the molecule is CC(Nc1c(C(F)(F)F)ccc2c1CCNCC2)c1ccc(F)cc1. The molecule has 2 N–H and O–H groups in total. The summed E-state index contributed by atoms with van der Waals surface area (Å²) >= 11 is 0. The quantitative estimate of drug-likeness (QED) is 0.782. The van der Waals surface area contributed by atoms with Gasteiger partial charge in [-0.05, 0) is 67.7 Å². The Morgan fingerprint density at radius 3 is 2.36 bits per heavy atom. The van der Waals surface area contributed by atoms with E-state index in [0.717, 1.165) is 23.7 Å². The third-order valence-corrected chi connectivity index (χ3v) is 4.57. The lowest BCUT2D eigenvalue weighted by atomic mass is 9.95. The smallest absolute Gasteiger partial charge is 0.378 e. The number of alkyl halides is 3. The lowest BCUT2D eigenvalue weighted by molar-refractivity contribution is -0.137. The Kier molecular flexibility index (Phi) is 4.99. The van der Waals surface area contributed by atoms with E-state index in [1.165, 1.54) is 12.1 Å². The second kappa shape index (κ2) is 7.04. The van der Waals surface area contributed by atoms with Gasteiger partial charge in [0.1, 0.15) is 5.82 Å². The summed E-state index contributed by atoms with van der Waals surface area (Å²) in [5.74, 6) is -0.369. The highest BCUT2D eigenvalue weighted by atomic mass is 19.4. The van der Waals surface area contributed by atoms with Gasteiger partial charge in [-0.25, -0.2) is 4.39 Å². The number of benzene rings is 2. The first-order valence-electron chi connectivity index (χ1n) is 8.31. The normalized spacial score (nSPS) is 16.0. The molecule has 25 heavy (non-hydrogen) atoms. The summed E-state index contributed by atoms with van der Waals surface area (Å²) in [6.45, 7) is 3.18. The minimum atomic E-state index is -4.43. The van der Waals surface area contributed by atoms with Crippen molar-refractivity contribution in [2.75, 3.05) is 18.4 Å². The van der Waals surface area contributed by atoms with E-state index in [-0.39, 0.29) is 17.5 Å². The molecule has 0 bridgehead atoms. The standard InChI is InChI=1S/C19H20F4N2/c1-12(13-2-5-15(20)6-3-13)25-18-16-9-11-24-10-8-14(16)4-7-17(18)19(21,22)23/h2-7,12,24-25H,8-11H2,1H3. The van der Waals surface area contributed by atoms with Crippen molar-refractivity contribution in [1.82, 2.24) is 5.32 Å². The average molecular weight is 352 g/mol. The zero-order valence-corrected chi connectivity index (χ0v) is 13.9. The molecule has 1 atom stereocenters. The van der Waals surface area contributed by atoms with Crippen LogP contribution in [0.2, 0.25) is 0 Å². The molecule has 1 aliphatic heterocycles. The van der Waals surface area contributed by atoms with Gasteiger partial charge in [0, 0.05) is 6.04 Å². The van der Waals surface area contributed by atoms with E-state index in [0.29, 0.717) is 24.9 Å². The number of hydrogen-bond donors (Lipinski definition) is 2. The van der Waals surface area contributed by atoms with Gasteiger partial charge in [-0.3, -0.25) is 0 Å². The van der Waals surface area contributed by atoms with Crippen molar-refractivity contribution in [2.24, 2.45) is 0 Å². The molecule has 1 unspecified atom stereocenters. The topological polar surface area (TPSA) is 24.1 Å². The van der Waals surface area contributed by atoms with Crippen LogP contribution in [0.5, 0.6) is 0 Å². The van der Waals surface area contributed by atoms with E-state index >= 15 is 0 Å². The maximum absolute atomic E-state index is 13.5. The lowest BCUT2D eigenvalue weighted by Crippen LogP contribution is -2.18. The van der Waals surface area contributed by atoms with Gasteiger partial charge in [0.15, 0.2) is 0 Å². The third-order valence-electron chi connectivity index (χ3n) is 4.57. The number of anilines is 1. The first-order valence-corrected chi connectivity index (χ1v) is 8.31. The summed E-state index contributed by atoms with van der Waals surface area (Å²) in [7, 11) is 0. The summed E-state index contributed by atoms with van der Waals surface area (Å²) in [5.41, 5.74) is 1.88. The van der Waals surface area contributed by atoms with Crippen molar-refractivity contribution in [1.29, 1.82) is 0 Å². The zero-order valence-electron chi connectivity index (χ0n) is 13.9. The molecule has 0 aliphatic carbocycles. The molecule has 0 amide bonds. The van der Waals surface area contributed by atoms with Gasteiger partial charge >= 0.3 is 6.18 Å². The number of rotatable bonds is 3. The summed E-state index contributed by atoms with van der Waals surface area (Å²) in [4.78, 5) is 0. The maximum atomic E-state index is 13.5. The van der Waals surface area contributed by atoms with Crippen LogP contribution >= 0.6 is 0 Å². The summed E-state index contributed by atoms with van der Waals surface area (Å²) < 4.78 is 53.7. The molecule has 0 radical (unpaired) electrons. The van der Waals surface area contributed by atoms with Gasteiger partial charge in [-0.15, -0.1) is 0 Å². The Morgan fingerprint density at radius 2 is 1.68 bits per heavy atom. The number of halogens is 4. The van der Waals surface area contributed by atoms with Crippen molar-refractivity contribution in [2.45, 2.75) is 32.0 Å². The number of nitrogens with one attached hydrogen (secondary N) is 2. The van der Waals surface area contributed by atoms with E-state index in [9.17, 15) is 17.6 Å². The van der Waals surface area contributed by atoms with Gasteiger partial charge in [-0.1, -0.05) is 18.2 Å². The first kappa shape index (κ1) is 17.7. The van der Waals surface area contributed by atoms with E-state index in [4.69, 9.17) is 0 Å². The van der Waals surface area contributed by atoms with Crippen molar-refractivity contribution in [3.8, 4) is 0 Å². The highest BCUT2D eigenvalue weighted by Crippen LogP contribution is 2.40. The molecular weight excluding hydrogens is 332 g/mol. The molecule has 0 aromatic heterocycles. The molecule has 1 aliphatic rings. The molecular formula is C19H20F4N2. The van der Waals surface area contributed by atoms with Gasteiger partial charge in [0.2, 0.25) is 0 Å². The molecule has 2 aromatic carbocycles. The first-order chi connectivity index (χ1) is 11.9. The number of fused-ring (bicyclic) bond motifs is 1. The van der Waals surface area contributed by atoms with E-state index in [2.05, 4.69) is 10.6 Å². The van der Waals surface area contributed by atoms with E-state index in [1.54, 1.807) is 25.1 Å². The third kappa shape index (κ3) is 3.95. The predicted octanol–water partition coefficient (Wildman–Crippen LogP) is 4.71. The van der Waals surface area contributed by atoms with Crippen LogP contribution in [0.25, 0.3) is 0 Å². The fourth-order valence-corrected chi connectivity index (χ4v) is 3.22. The lowest BCUT2D eigenvalue weighted by Gasteiger charge is -2.24.